The Morgan fingerprint density at radius 3 is 2.49 bits per heavy atom. The van der Waals surface area contributed by atoms with Gasteiger partial charge in [0, 0.05) is 50.1 Å². The highest BCUT2D eigenvalue weighted by atomic mass is 19.4. The van der Waals surface area contributed by atoms with Gasteiger partial charge in [-0.05, 0) is 42.7 Å². The van der Waals surface area contributed by atoms with Gasteiger partial charge in [-0.25, -0.2) is 4.68 Å². The van der Waals surface area contributed by atoms with Crippen LogP contribution >= 0.6 is 0 Å². The van der Waals surface area contributed by atoms with E-state index in [1.54, 1.807) is 24.0 Å². The maximum atomic E-state index is 13.4. The van der Waals surface area contributed by atoms with Crippen LogP contribution in [0.2, 0.25) is 0 Å². The van der Waals surface area contributed by atoms with Gasteiger partial charge in [-0.2, -0.15) is 18.3 Å². The summed E-state index contributed by atoms with van der Waals surface area (Å²) >= 11 is 0. The van der Waals surface area contributed by atoms with Crippen molar-refractivity contribution >= 4 is 33.8 Å². The number of nitrogens with one attached hydrogen (secondary N) is 1. The minimum absolute atomic E-state index is 0.0216. The summed E-state index contributed by atoms with van der Waals surface area (Å²) in [5, 5.41) is 19.3. The number of hydrogen-bond donors (Lipinski definition) is 1. The van der Waals surface area contributed by atoms with E-state index in [-0.39, 0.29) is 22.7 Å². The summed E-state index contributed by atoms with van der Waals surface area (Å²) in [6, 6.07) is 4.86. The lowest BCUT2D eigenvalue weighted by atomic mass is 9.96. The topological polar surface area (TPSA) is 120 Å². The van der Waals surface area contributed by atoms with E-state index >= 15 is 0 Å². The number of methoxy groups -OCH3 is 1. The second-order valence-corrected chi connectivity index (χ2v) is 9.25. The van der Waals surface area contributed by atoms with E-state index in [1.165, 1.54) is 21.1 Å². The van der Waals surface area contributed by atoms with E-state index in [0.29, 0.717) is 42.3 Å². The molecule has 206 valence electrons. The number of rotatable bonds is 6. The van der Waals surface area contributed by atoms with Crippen LogP contribution in [0.4, 0.5) is 24.7 Å². The zero-order valence-corrected chi connectivity index (χ0v) is 21.6. The molecule has 10 nitrogen and oxygen atoms in total. The number of aryl methyl sites for hydroxylation is 1. The van der Waals surface area contributed by atoms with Crippen LogP contribution in [-0.4, -0.2) is 45.7 Å². The summed E-state index contributed by atoms with van der Waals surface area (Å²) in [7, 11) is 2.91. The number of aromatic nitrogens is 2. The normalized spacial score (nSPS) is 14.6. The van der Waals surface area contributed by atoms with Gasteiger partial charge in [0.15, 0.2) is 5.82 Å². The van der Waals surface area contributed by atoms with Crippen molar-refractivity contribution in [3.63, 3.8) is 0 Å². The zero-order chi connectivity index (χ0) is 28.6. The molecule has 0 unspecified atom stereocenters. The Bertz CT molecular complexity index is 1560. The van der Waals surface area contributed by atoms with E-state index in [1.807, 2.05) is 6.08 Å². The van der Waals surface area contributed by atoms with Crippen molar-refractivity contribution in [2.75, 3.05) is 25.5 Å². The number of benzene rings is 2. The minimum atomic E-state index is -4.78. The molecule has 1 aliphatic heterocycles. The summed E-state index contributed by atoms with van der Waals surface area (Å²) in [6.45, 7) is 3.96. The number of ether oxygens (including phenoxy) is 1. The molecular weight excluding hydrogens is 519 g/mol. The number of halogens is 3. The van der Waals surface area contributed by atoms with E-state index in [4.69, 9.17) is 4.74 Å². The Balaban J connectivity index is 1.82. The predicted molar refractivity (Wildman–Crippen MR) is 139 cm³/mol. The quantitative estimate of drug-likeness (QED) is 0.353. The number of fused-ring (bicyclic) bond motifs is 1. The number of nitro benzene ring substituents is 1. The Kier molecular flexibility index (Phi) is 7.35. The van der Waals surface area contributed by atoms with Crippen molar-refractivity contribution in [1.29, 1.82) is 0 Å². The number of amides is 1. The zero-order valence-electron chi connectivity index (χ0n) is 21.6. The number of nitro groups is 1. The number of non-ortho nitro benzene ring substituents is 1. The fraction of sp³-hybridized carbons (Fsp3) is 0.346. The van der Waals surface area contributed by atoms with Gasteiger partial charge in [-0.15, -0.1) is 0 Å². The molecule has 0 fully saturated rings. The third-order valence-electron chi connectivity index (χ3n) is 6.70. The highest BCUT2D eigenvalue weighted by molar-refractivity contribution is 5.95. The van der Waals surface area contributed by atoms with Crippen molar-refractivity contribution in [2.45, 2.75) is 32.5 Å². The Morgan fingerprint density at radius 1 is 1.21 bits per heavy atom. The van der Waals surface area contributed by atoms with Gasteiger partial charge in [0.2, 0.25) is 5.91 Å². The molecule has 1 atom stereocenters. The average molecular weight is 546 g/mol. The third-order valence-corrected chi connectivity index (χ3v) is 6.70. The smallest absolute Gasteiger partial charge is 0.416 e. The van der Waals surface area contributed by atoms with Crippen molar-refractivity contribution in [1.82, 2.24) is 14.7 Å². The first-order valence-electron chi connectivity index (χ1n) is 12.0. The Labute approximate surface area is 220 Å². The molecule has 39 heavy (non-hydrogen) atoms. The molecular formula is C26H26F3N5O5. The largest absolute Gasteiger partial charge is 0.496 e. The third kappa shape index (κ3) is 5.56. The predicted octanol–water partition coefficient (Wildman–Crippen LogP) is 4.68. The average Bonchev–Trinajstić information content (AvgIpc) is 2.90. The van der Waals surface area contributed by atoms with Gasteiger partial charge in [0.05, 0.1) is 29.0 Å². The van der Waals surface area contributed by atoms with E-state index in [2.05, 4.69) is 10.4 Å². The molecule has 4 rings (SSSR count). The van der Waals surface area contributed by atoms with Gasteiger partial charge in [-0.1, -0.05) is 6.08 Å². The minimum Gasteiger partial charge on any atom is -0.496 e. The summed E-state index contributed by atoms with van der Waals surface area (Å²) in [5.41, 5.74) is -0.637. The van der Waals surface area contributed by atoms with Crippen LogP contribution in [0.15, 0.2) is 41.2 Å². The monoisotopic (exact) mass is 545 g/mol. The van der Waals surface area contributed by atoms with Crippen LogP contribution < -0.4 is 15.6 Å². The van der Waals surface area contributed by atoms with Gasteiger partial charge < -0.3 is 15.0 Å². The maximum Gasteiger partial charge on any atom is 0.416 e. The van der Waals surface area contributed by atoms with Crippen LogP contribution in [-0.2, 0) is 18.0 Å². The van der Waals surface area contributed by atoms with Gasteiger partial charge >= 0.3 is 6.18 Å². The standard InChI is InChI=1S/C26H26F3N5O5/c1-14(17-9-18(26(27,28)29)11-19(10-17)34(37)38)30-24-21-12-20(16-5-7-33(8-6-16)15(2)35)23(39-4)13-22(21)25(36)32(3)31-24/h5,9-14H,6-8H2,1-4H3,(H,30,31)/t14-/m1/s1. The first-order valence-corrected chi connectivity index (χ1v) is 12.0. The molecule has 2 heterocycles. The highest BCUT2D eigenvalue weighted by Gasteiger charge is 2.33. The summed E-state index contributed by atoms with van der Waals surface area (Å²) < 4.78 is 47.0. The number of nitrogens with zero attached hydrogens (tertiary/aromatic N) is 4. The number of hydrogen-bond acceptors (Lipinski definition) is 7. The van der Waals surface area contributed by atoms with E-state index in [9.17, 15) is 32.9 Å². The Morgan fingerprint density at radius 2 is 1.92 bits per heavy atom. The molecule has 1 N–H and O–H groups in total. The number of carbonyl (C=O) groups excluding carboxylic acids is 1. The molecule has 1 amide bonds. The first kappa shape index (κ1) is 27.6. The molecule has 0 saturated carbocycles. The van der Waals surface area contributed by atoms with Crippen LogP contribution in [0.1, 0.15) is 43.0 Å². The second-order valence-electron chi connectivity index (χ2n) is 9.25. The molecule has 0 spiro atoms. The van der Waals surface area contributed by atoms with E-state index < -0.39 is 34.0 Å². The molecule has 1 aromatic heterocycles. The van der Waals surface area contributed by atoms with Crippen LogP contribution in [0, 0.1) is 10.1 Å². The number of alkyl halides is 3. The molecule has 0 aliphatic carbocycles. The van der Waals surface area contributed by atoms with Crippen molar-refractivity contribution in [3.8, 4) is 5.75 Å². The molecule has 1 aliphatic rings. The van der Waals surface area contributed by atoms with Crippen LogP contribution in [0.25, 0.3) is 16.3 Å². The van der Waals surface area contributed by atoms with Crippen molar-refractivity contribution in [2.24, 2.45) is 7.05 Å². The number of anilines is 1. The summed E-state index contributed by atoms with van der Waals surface area (Å²) in [5.74, 6) is 0.602. The lowest BCUT2D eigenvalue weighted by Gasteiger charge is -2.26. The molecule has 0 radical (unpaired) electrons. The SMILES string of the molecule is COc1cc2c(=O)n(C)nc(N[C@H](C)c3cc([N+](=O)[O-])cc(C(F)(F)F)c3)c2cc1C1=CCN(C(C)=O)CC1. The molecule has 13 heteroatoms. The highest BCUT2D eigenvalue weighted by Crippen LogP contribution is 2.37. The fourth-order valence-corrected chi connectivity index (χ4v) is 4.54. The van der Waals surface area contributed by atoms with Crippen LogP contribution in [0.3, 0.4) is 0 Å². The molecule has 2 aromatic carbocycles. The maximum absolute atomic E-state index is 13.4. The van der Waals surface area contributed by atoms with Crippen molar-refractivity contribution in [3.05, 3.63) is 73.6 Å². The lowest BCUT2D eigenvalue weighted by molar-refractivity contribution is -0.385. The second kappa shape index (κ2) is 10.4. The Hall–Kier alpha value is -4.42. The number of carbonyl (C=O) groups is 1. The molecule has 0 saturated heterocycles. The van der Waals surface area contributed by atoms with Gasteiger partial charge in [0.25, 0.3) is 11.2 Å². The summed E-state index contributed by atoms with van der Waals surface area (Å²) in [4.78, 5) is 36.8. The molecule has 0 bridgehead atoms. The first-order chi connectivity index (χ1) is 18.3. The summed E-state index contributed by atoms with van der Waals surface area (Å²) in [6.07, 6.45) is -2.33. The molecule has 3 aromatic rings. The van der Waals surface area contributed by atoms with E-state index in [0.717, 1.165) is 22.4 Å². The van der Waals surface area contributed by atoms with Gasteiger partial charge in [-0.3, -0.25) is 19.7 Å². The van der Waals surface area contributed by atoms with Gasteiger partial charge in [0.1, 0.15) is 5.75 Å². The van der Waals surface area contributed by atoms with Crippen LogP contribution in [0.5, 0.6) is 5.75 Å². The fourth-order valence-electron chi connectivity index (χ4n) is 4.54. The lowest BCUT2D eigenvalue weighted by Crippen LogP contribution is -2.32. The van der Waals surface area contributed by atoms with Crippen molar-refractivity contribution < 1.29 is 27.6 Å².